The molecule has 0 aliphatic rings. The number of rotatable bonds is 6. The van der Waals surface area contributed by atoms with Crippen molar-refractivity contribution in [1.29, 1.82) is 0 Å². The van der Waals surface area contributed by atoms with Gasteiger partial charge >= 0.3 is 0 Å². The highest BCUT2D eigenvalue weighted by molar-refractivity contribution is 5.38. The summed E-state index contributed by atoms with van der Waals surface area (Å²) in [6.45, 7) is 3.94. The third-order valence-electron chi connectivity index (χ3n) is 2.02. The SMILES string of the molecule is CCOCCOc1ccc(C#CCCO)cc1. The molecule has 1 rings (SSSR count). The fourth-order valence-corrected chi connectivity index (χ4v) is 1.22. The molecule has 0 aliphatic heterocycles. The average molecular weight is 234 g/mol. The summed E-state index contributed by atoms with van der Waals surface area (Å²) in [6.07, 6.45) is 0.507. The topological polar surface area (TPSA) is 38.7 Å². The van der Waals surface area contributed by atoms with Crippen molar-refractivity contribution in [3.8, 4) is 17.6 Å². The highest BCUT2D eigenvalue weighted by Crippen LogP contribution is 2.11. The Bertz CT molecular complexity index is 359. The monoisotopic (exact) mass is 234 g/mol. The summed E-state index contributed by atoms with van der Waals surface area (Å²) in [5, 5.41) is 8.59. The van der Waals surface area contributed by atoms with Crippen LogP contribution >= 0.6 is 0 Å². The number of aliphatic hydroxyl groups is 1. The molecule has 0 saturated heterocycles. The van der Waals surface area contributed by atoms with E-state index in [-0.39, 0.29) is 6.61 Å². The molecule has 0 aliphatic carbocycles. The zero-order valence-corrected chi connectivity index (χ0v) is 10.1. The minimum atomic E-state index is 0.103. The van der Waals surface area contributed by atoms with Gasteiger partial charge in [0.05, 0.1) is 13.2 Å². The first-order valence-electron chi connectivity index (χ1n) is 5.77. The first kappa shape index (κ1) is 13.6. The first-order valence-corrected chi connectivity index (χ1v) is 5.77. The molecule has 1 N–H and O–H groups in total. The van der Waals surface area contributed by atoms with Gasteiger partial charge in [0, 0.05) is 18.6 Å². The Morgan fingerprint density at radius 3 is 2.59 bits per heavy atom. The Kier molecular flexibility index (Phi) is 6.89. The molecular weight excluding hydrogens is 216 g/mol. The van der Waals surface area contributed by atoms with Crippen molar-refractivity contribution in [2.24, 2.45) is 0 Å². The Labute approximate surface area is 102 Å². The molecule has 0 heterocycles. The van der Waals surface area contributed by atoms with Crippen molar-refractivity contribution < 1.29 is 14.6 Å². The maximum absolute atomic E-state index is 8.59. The molecule has 0 bridgehead atoms. The lowest BCUT2D eigenvalue weighted by molar-refractivity contribution is 0.110. The lowest BCUT2D eigenvalue weighted by atomic mass is 10.2. The molecule has 0 saturated carbocycles. The van der Waals surface area contributed by atoms with Crippen molar-refractivity contribution >= 4 is 0 Å². The molecule has 0 aromatic heterocycles. The smallest absolute Gasteiger partial charge is 0.119 e. The molecule has 1 aromatic carbocycles. The van der Waals surface area contributed by atoms with Crippen molar-refractivity contribution in [3.05, 3.63) is 29.8 Å². The van der Waals surface area contributed by atoms with E-state index < -0.39 is 0 Å². The van der Waals surface area contributed by atoms with Crippen LogP contribution in [0.4, 0.5) is 0 Å². The molecule has 0 spiro atoms. The minimum Gasteiger partial charge on any atom is -0.491 e. The zero-order valence-electron chi connectivity index (χ0n) is 10.1. The van der Waals surface area contributed by atoms with Gasteiger partial charge in [0.15, 0.2) is 0 Å². The Morgan fingerprint density at radius 1 is 1.18 bits per heavy atom. The van der Waals surface area contributed by atoms with E-state index in [1.54, 1.807) is 0 Å². The highest BCUT2D eigenvalue weighted by Gasteiger charge is 1.93. The molecule has 0 atom stereocenters. The normalized spacial score (nSPS) is 9.53. The molecule has 17 heavy (non-hydrogen) atoms. The lowest BCUT2D eigenvalue weighted by Gasteiger charge is -2.05. The third-order valence-corrected chi connectivity index (χ3v) is 2.02. The molecule has 0 unspecified atom stereocenters. The predicted molar refractivity (Wildman–Crippen MR) is 67.0 cm³/mol. The second kappa shape index (κ2) is 8.63. The summed E-state index contributed by atoms with van der Waals surface area (Å²) < 4.78 is 10.6. The van der Waals surface area contributed by atoms with E-state index in [0.717, 1.165) is 11.3 Å². The number of hydrogen-bond donors (Lipinski definition) is 1. The van der Waals surface area contributed by atoms with Crippen LogP contribution in [0.3, 0.4) is 0 Å². The van der Waals surface area contributed by atoms with Gasteiger partial charge in [-0.05, 0) is 31.2 Å². The van der Waals surface area contributed by atoms with E-state index in [9.17, 15) is 0 Å². The standard InChI is InChI=1S/C14H18O3/c1-2-16-11-12-17-14-8-6-13(7-9-14)5-3-4-10-15/h6-9,15H,2,4,10-12H2,1H3. The Hall–Kier alpha value is -1.50. The van der Waals surface area contributed by atoms with Gasteiger partial charge in [0.25, 0.3) is 0 Å². The number of benzene rings is 1. The van der Waals surface area contributed by atoms with Gasteiger partial charge in [0.1, 0.15) is 12.4 Å². The van der Waals surface area contributed by atoms with Gasteiger partial charge in [-0.3, -0.25) is 0 Å². The molecule has 3 nitrogen and oxygen atoms in total. The van der Waals surface area contributed by atoms with Gasteiger partial charge in [0.2, 0.25) is 0 Å². The molecular formula is C14H18O3. The zero-order chi connectivity index (χ0) is 12.3. The van der Waals surface area contributed by atoms with Crippen molar-refractivity contribution in [2.45, 2.75) is 13.3 Å². The van der Waals surface area contributed by atoms with Gasteiger partial charge < -0.3 is 14.6 Å². The van der Waals surface area contributed by atoms with E-state index in [1.165, 1.54) is 0 Å². The molecule has 1 aromatic rings. The molecule has 0 amide bonds. The van der Waals surface area contributed by atoms with Crippen LogP contribution in [-0.4, -0.2) is 31.5 Å². The molecule has 0 fully saturated rings. The summed E-state index contributed by atoms with van der Waals surface area (Å²) in [7, 11) is 0. The number of hydrogen-bond acceptors (Lipinski definition) is 3. The van der Waals surface area contributed by atoms with Crippen molar-refractivity contribution in [1.82, 2.24) is 0 Å². The summed E-state index contributed by atoms with van der Waals surface area (Å²) in [6, 6.07) is 7.57. The van der Waals surface area contributed by atoms with Crippen LogP contribution < -0.4 is 4.74 Å². The summed E-state index contributed by atoms with van der Waals surface area (Å²) >= 11 is 0. The highest BCUT2D eigenvalue weighted by atomic mass is 16.5. The maximum atomic E-state index is 8.59. The second-order valence-corrected chi connectivity index (χ2v) is 3.35. The van der Waals surface area contributed by atoms with Gasteiger partial charge in [-0.25, -0.2) is 0 Å². The summed E-state index contributed by atoms with van der Waals surface area (Å²) in [5.41, 5.74) is 0.926. The molecule has 0 radical (unpaired) electrons. The van der Waals surface area contributed by atoms with E-state index >= 15 is 0 Å². The second-order valence-electron chi connectivity index (χ2n) is 3.35. The predicted octanol–water partition coefficient (Wildman–Crippen LogP) is 1.84. The Balaban J connectivity index is 2.37. The van der Waals surface area contributed by atoms with E-state index in [1.807, 2.05) is 31.2 Å². The third kappa shape index (κ3) is 5.96. The van der Waals surface area contributed by atoms with Gasteiger partial charge in [-0.2, -0.15) is 0 Å². The fraction of sp³-hybridized carbons (Fsp3) is 0.429. The van der Waals surface area contributed by atoms with Crippen LogP contribution in [-0.2, 0) is 4.74 Å². The quantitative estimate of drug-likeness (QED) is 0.603. The maximum Gasteiger partial charge on any atom is 0.119 e. The average Bonchev–Trinajstić information content (AvgIpc) is 2.37. The largest absolute Gasteiger partial charge is 0.491 e. The minimum absolute atomic E-state index is 0.103. The number of ether oxygens (including phenoxy) is 2. The lowest BCUT2D eigenvalue weighted by Crippen LogP contribution is -2.06. The molecule has 3 heteroatoms. The van der Waals surface area contributed by atoms with E-state index in [0.29, 0.717) is 26.2 Å². The van der Waals surface area contributed by atoms with E-state index in [2.05, 4.69) is 11.8 Å². The number of aliphatic hydroxyl groups excluding tert-OH is 1. The Morgan fingerprint density at radius 2 is 1.94 bits per heavy atom. The van der Waals surface area contributed by atoms with Crippen LogP contribution in [0.15, 0.2) is 24.3 Å². The van der Waals surface area contributed by atoms with Crippen LogP contribution in [0.5, 0.6) is 5.75 Å². The van der Waals surface area contributed by atoms with Crippen LogP contribution in [0.1, 0.15) is 18.9 Å². The fourth-order valence-electron chi connectivity index (χ4n) is 1.22. The van der Waals surface area contributed by atoms with Crippen LogP contribution in [0.25, 0.3) is 0 Å². The summed E-state index contributed by atoms with van der Waals surface area (Å²) in [4.78, 5) is 0. The van der Waals surface area contributed by atoms with Crippen molar-refractivity contribution in [3.63, 3.8) is 0 Å². The van der Waals surface area contributed by atoms with E-state index in [4.69, 9.17) is 14.6 Å². The van der Waals surface area contributed by atoms with Gasteiger partial charge in [-0.15, -0.1) is 0 Å². The summed E-state index contributed by atoms with van der Waals surface area (Å²) in [5.74, 6) is 6.65. The van der Waals surface area contributed by atoms with Crippen LogP contribution in [0.2, 0.25) is 0 Å². The molecule has 92 valence electrons. The van der Waals surface area contributed by atoms with Crippen molar-refractivity contribution in [2.75, 3.05) is 26.4 Å². The first-order chi connectivity index (χ1) is 8.36. The van der Waals surface area contributed by atoms with Gasteiger partial charge in [-0.1, -0.05) is 11.8 Å². The van der Waals surface area contributed by atoms with Crippen LogP contribution in [0, 0.1) is 11.8 Å².